The van der Waals surface area contributed by atoms with Crippen LogP contribution >= 0.6 is 0 Å². The third kappa shape index (κ3) is 1.94. The topological polar surface area (TPSA) is 51.2 Å². The fraction of sp³-hybridized carbons (Fsp3) is 0.571. The summed E-state index contributed by atoms with van der Waals surface area (Å²) >= 11 is 0. The van der Waals surface area contributed by atoms with Gasteiger partial charge in [0.2, 0.25) is 0 Å². The van der Waals surface area contributed by atoms with Gasteiger partial charge in [-0.1, -0.05) is 0 Å². The first kappa shape index (κ1) is 8.07. The molecule has 0 aromatic carbocycles. The van der Waals surface area contributed by atoms with E-state index >= 15 is 0 Å². The molecule has 62 valence electrons. The summed E-state index contributed by atoms with van der Waals surface area (Å²) in [6.45, 7) is 4.02. The van der Waals surface area contributed by atoms with Gasteiger partial charge in [0.1, 0.15) is 5.66 Å². The van der Waals surface area contributed by atoms with Crippen molar-refractivity contribution in [3.05, 3.63) is 12.3 Å². The van der Waals surface area contributed by atoms with Crippen LogP contribution in [0.2, 0.25) is 0 Å². The van der Waals surface area contributed by atoms with Crippen molar-refractivity contribution in [2.45, 2.75) is 19.5 Å². The number of hydrogen-bond donors (Lipinski definition) is 1. The van der Waals surface area contributed by atoms with Crippen molar-refractivity contribution < 1.29 is 9.53 Å². The number of carbonyl (C=O) groups is 1. The zero-order valence-corrected chi connectivity index (χ0v) is 6.92. The molecule has 1 saturated heterocycles. The Bertz CT molecular complexity index is 199. The van der Waals surface area contributed by atoms with Gasteiger partial charge in [-0.25, -0.2) is 10.2 Å². The van der Waals surface area contributed by atoms with E-state index < -0.39 is 0 Å². The lowest BCUT2D eigenvalue weighted by Gasteiger charge is -1.95. The van der Waals surface area contributed by atoms with Gasteiger partial charge in [-0.2, -0.15) is 0 Å². The second-order valence-electron chi connectivity index (χ2n) is 2.88. The van der Waals surface area contributed by atoms with E-state index in [1.165, 1.54) is 13.2 Å². The molecule has 0 radical (unpaired) electrons. The average molecular weight is 156 g/mol. The molecule has 1 aliphatic heterocycles. The molecule has 4 nitrogen and oxygen atoms in total. The molecule has 1 N–H and O–H groups in total. The monoisotopic (exact) mass is 156 g/mol. The van der Waals surface area contributed by atoms with Crippen molar-refractivity contribution in [2.75, 3.05) is 7.11 Å². The normalized spacial score (nSPS) is 20.5. The lowest BCUT2D eigenvalue weighted by Crippen LogP contribution is -2.04. The Morgan fingerprint density at radius 3 is 2.55 bits per heavy atom. The molecule has 1 aliphatic rings. The van der Waals surface area contributed by atoms with Crippen LogP contribution in [0.1, 0.15) is 13.8 Å². The van der Waals surface area contributed by atoms with Gasteiger partial charge in [0.15, 0.2) is 0 Å². The first-order valence-electron chi connectivity index (χ1n) is 3.39. The van der Waals surface area contributed by atoms with E-state index in [-0.39, 0.29) is 11.6 Å². The zero-order valence-electron chi connectivity index (χ0n) is 6.92. The van der Waals surface area contributed by atoms with E-state index in [4.69, 9.17) is 0 Å². The number of ether oxygens (including phenoxy) is 1. The summed E-state index contributed by atoms with van der Waals surface area (Å²) in [4.78, 5) is 10.6. The Kier molecular flexibility index (Phi) is 1.87. The van der Waals surface area contributed by atoms with Crippen LogP contribution in [0.15, 0.2) is 12.3 Å². The minimum Gasteiger partial charge on any atom is -0.466 e. The molecule has 0 aromatic heterocycles. The number of carbonyl (C=O) groups excluding carboxylic acids is 1. The summed E-state index contributed by atoms with van der Waals surface area (Å²) in [6.07, 6.45) is 3.04. The van der Waals surface area contributed by atoms with Crippen LogP contribution in [-0.4, -0.2) is 23.8 Å². The highest BCUT2D eigenvalue weighted by Gasteiger charge is 2.39. The molecule has 11 heavy (non-hydrogen) atoms. The molecule has 0 amide bonds. The van der Waals surface area contributed by atoms with Gasteiger partial charge >= 0.3 is 5.97 Å². The van der Waals surface area contributed by atoms with Crippen LogP contribution in [0.3, 0.4) is 0 Å². The Morgan fingerprint density at radius 2 is 2.18 bits per heavy atom. The number of hydrazine groups is 1. The number of rotatable bonds is 2. The van der Waals surface area contributed by atoms with Gasteiger partial charge in [-0.3, -0.25) is 5.01 Å². The maximum Gasteiger partial charge on any atom is 0.331 e. The summed E-state index contributed by atoms with van der Waals surface area (Å²) in [5.41, 5.74) is 3.02. The number of nitrogens with zero attached hydrogens (tertiary/aromatic N) is 1. The standard InChI is InChI=1S/C7H12N2O2/c1-7(2)8-9(7)5-4-6(10)11-3/h4-5,8H,1-3H3/b5-4+. The van der Waals surface area contributed by atoms with Crippen molar-refractivity contribution >= 4 is 5.97 Å². The maximum atomic E-state index is 10.6. The van der Waals surface area contributed by atoms with Gasteiger partial charge in [0.25, 0.3) is 0 Å². The van der Waals surface area contributed by atoms with Gasteiger partial charge in [-0.15, -0.1) is 0 Å². The number of methoxy groups -OCH3 is 1. The van der Waals surface area contributed by atoms with Gasteiger partial charge in [0.05, 0.1) is 7.11 Å². The van der Waals surface area contributed by atoms with E-state index in [0.717, 1.165) is 0 Å². The summed E-state index contributed by atoms with van der Waals surface area (Å²) in [6, 6.07) is 0. The molecule has 0 bridgehead atoms. The molecule has 0 spiro atoms. The molecule has 0 unspecified atom stereocenters. The van der Waals surface area contributed by atoms with E-state index in [0.29, 0.717) is 0 Å². The average Bonchev–Trinajstić information content (AvgIpc) is 2.54. The summed E-state index contributed by atoms with van der Waals surface area (Å²) in [5, 5.41) is 1.82. The van der Waals surface area contributed by atoms with E-state index in [1.807, 2.05) is 18.9 Å². The first-order chi connectivity index (χ1) is 5.06. The fourth-order valence-corrected chi connectivity index (χ4v) is 0.697. The third-order valence-corrected chi connectivity index (χ3v) is 1.51. The van der Waals surface area contributed by atoms with Crippen LogP contribution in [0, 0.1) is 0 Å². The number of esters is 1. The van der Waals surface area contributed by atoms with Crippen LogP contribution in [0.5, 0.6) is 0 Å². The van der Waals surface area contributed by atoms with Crippen LogP contribution < -0.4 is 5.43 Å². The second-order valence-corrected chi connectivity index (χ2v) is 2.88. The van der Waals surface area contributed by atoms with Gasteiger partial charge in [-0.05, 0) is 13.8 Å². The van der Waals surface area contributed by atoms with Crippen molar-refractivity contribution in [2.24, 2.45) is 0 Å². The lowest BCUT2D eigenvalue weighted by molar-refractivity contribution is -0.134. The molecule has 0 atom stereocenters. The smallest absolute Gasteiger partial charge is 0.331 e. The Morgan fingerprint density at radius 1 is 1.64 bits per heavy atom. The predicted molar refractivity (Wildman–Crippen MR) is 40.2 cm³/mol. The van der Waals surface area contributed by atoms with Gasteiger partial charge in [0, 0.05) is 12.3 Å². The minimum atomic E-state index is -0.338. The quantitative estimate of drug-likeness (QED) is 0.353. The summed E-state index contributed by atoms with van der Waals surface area (Å²) < 4.78 is 4.42. The SMILES string of the molecule is COC(=O)/C=C/N1NC1(C)C. The van der Waals surface area contributed by atoms with E-state index in [2.05, 4.69) is 10.2 Å². The van der Waals surface area contributed by atoms with Crippen LogP contribution in [0.4, 0.5) is 0 Å². The molecular formula is C7H12N2O2. The second kappa shape index (κ2) is 2.54. The van der Waals surface area contributed by atoms with Crippen molar-refractivity contribution in [3.8, 4) is 0 Å². The molecule has 4 heteroatoms. The molecule has 0 aliphatic carbocycles. The number of hydrogen-bond acceptors (Lipinski definition) is 4. The lowest BCUT2D eigenvalue weighted by atomic mass is 10.3. The third-order valence-electron chi connectivity index (χ3n) is 1.51. The predicted octanol–water partition coefficient (Wildman–Crippen LogP) is 0.229. The highest BCUT2D eigenvalue weighted by molar-refractivity contribution is 5.81. The van der Waals surface area contributed by atoms with E-state index in [1.54, 1.807) is 6.20 Å². The van der Waals surface area contributed by atoms with Crippen LogP contribution in [0.25, 0.3) is 0 Å². The largest absolute Gasteiger partial charge is 0.466 e. The zero-order chi connectivity index (χ0) is 8.48. The molecule has 1 rings (SSSR count). The molecular weight excluding hydrogens is 144 g/mol. The molecule has 1 heterocycles. The van der Waals surface area contributed by atoms with Crippen molar-refractivity contribution in [3.63, 3.8) is 0 Å². The first-order valence-corrected chi connectivity index (χ1v) is 3.39. The number of nitrogens with one attached hydrogen (secondary N) is 1. The van der Waals surface area contributed by atoms with Crippen LogP contribution in [-0.2, 0) is 9.53 Å². The van der Waals surface area contributed by atoms with Crippen molar-refractivity contribution in [1.29, 1.82) is 0 Å². The minimum absolute atomic E-state index is 0.00940. The fourth-order valence-electron chi connectivity index (χ4n) is 0.697. The maximum absolute atomic E-state index is 10.6. The van der Waals surface area contributed by atoms with E-state index in [9.17, 15) is 4.79 Å². The highest BCUT2D eigenvalue weighted by atomic mass is 16.5. The molecule has 0 aromatic rings. The Balaban J connectivity index is 2.33. The molecule has 0 saturated carbocycles. The highest BCUT2D eigenvalue weighted by Crippen LogP contribution is 2.22. The summed E-state index contributed by atoms with van der Waals surface area (Å²) in [5.74, 6) is -0.338. The van der Waals surface area contributed by atoms with Crippen molar-refractivity contribution in [1.82, 2.24) is 10.4 Å². The Hall–Kier alpha value is -1.03. The van der Waals surface area contributed by atoms with Gasteiger partial charge < -0.3 is 4.74 Å². The summed E-state index contributed by atoms with van der Waals surface area (Å²) in [7, 11) is 1.35. The molecule has 1 fully saturated rings. The Labute approximate surface area is 65.8 Å².